The maximum absolute atomic E-state index is 11.0. The van der Waals surface area contributed by atoms with Crippen molar-refractivity contribution in [2.75, 3.05) is 6.26 Å². The van der Waals surface area contributed by atoms with Crippen molar-refractivity contribution in [2.24, 2.45) is 0 Å². The molecule has 0 fully saturated rings. The van der Waals surface area contributed by atoms with E-state index in [1.54, 1.807) is 12.5 Å². The third-order valence-corrected chi connectivity index (χ3v) is 3.70. The number of pyridine rings is 1. The predicted molar refractivity (Wildman–Crippen MR) is 49.7 cm³/mol. The summed E-state index contributed by atoms with van der Waals surface area (Å²) in [6.45, 7) is 0. The van der Waals surface area contributed by atoms with Crippen LogP contribution in [0.3, 0.4) is 0 Å². The molecule has 2 heterocycles. The maximum atomic E-state index is 11.0. The van der Waals surface area contributed by atoms with Crippen LogP contribution in [0.15, 0.2) is 22.7 Å². The molecule has 62 valence electrons. The van der Waals surface area contributed by atoms with E-state index in [4.69, 9.17) is 0 Å². The Bertz CT molecular complexity index is 405. The van der Waals surface area contributed by atoms with Crippen LogP contribution >= 0.6 is 11.3 Å². The van der Waals surface area contributed by atoms with Gasteiger partial charge in [0.2, 0.25) is 0 Å². The van der Waals surface area contributed by atoms with Gasteiger partial charge in [-0.2, -0.15) is 0 Å². The van der Waals surface area contributed by atoms with Crippen molar-refractivity contribution in [1.82, 2.24) is 9.97 Å². The predicted octanol–water partition coefficient (Wildman–Crippen LogP) is 1.43. The molecule has 0 radical (unpaired) electrons. The Morgan fingerprint density at radius 1 is 1.58 bits per heavy atom. The van der Waals surface area contributed by atoms with Gasteiger partial charge in [-0.05, 0) is 12.1 Å². The molecule has 0 saturated carbocycles. The Morgan fingerprint density at radius 2 is 2.42 bits per heavy atom. The second kappa shape index (κ2) is 2.91. The van der Waals surface area contributed by atoms with Gasteiger partial charge in [-0.3, -0.25) is 4.21 Å². The van der Waals surface area contributed by atoms with Crippen molar-refractivity contribution >= 4 is 32.5 Å². The van der Waals surface area contributed by atoms with E-state index in [2.05, 4.69) is 9.97 Å². The molecule has 12 heavy (non-hydrogen) atoms. The number of thiazole rings is 1. The quantitative estimate of drug-likeness (QED) is 0.696. The molecule has 0 amide bonds. The van der Waals surface area contributed by atoms with Crippen LogP contribution in [0, 0.1) is 0 Å². The SMILES string of the molecule is C[S@@](=O)c1nc2cccnc2s1. The summed E-state index contributed by atoms with van der Waals surface area (Å²) in [7, 11) is -0.994. The smallest absolute Gasteiger partial charge is 0.183 e. The zero-order valence-electron chi connectivity index (χ0n) is 6.35. The summed E-state index contributed by atoms with van der Waals surface area (Å²) in [5, 5.41) is 0. The first-order valence-electron chi connectivity index (χ1n) is 3.32. The highest BCUT2D eigenvalue weighted by molar-refractivity contribution is 7.86. The molecule has 0 N–H and O–H groups in total. The van der Waals surface area contributed by atoms with Crippen LogP contribution in [0.2, 0.25) is 0 Å². The third kappa shape index (κ3) is 1.25. The maximum Gasteiger partial charge on any atom is 0.183 e. The van der Waals surface area contributed by atoms with Crippen molar-refractivity contribution in [3.63, 3.8) is 0 Å². The van der Waals surface area contributed by atoms with Gasteiger partial charge >= 0.3 is 0 Å². The Labute approximate surface area is 75.9 Å². The molecule has 0 unspecified atom stereocenters. The van der Waals surface area contributed by atoms with E-state index >= 15 is 0 Å². The average molecular weight is 198 g/mol. The number of aromatic nitrogens is 2. The molecule has 5 heteroatoms. The summed E-state index contributed by atoms with van der Waals surface area (Å²) in [6, 6.07) is 3.69. The van der Waals surface area contributed by atoms with Crippen molar-refractivity contribution in [2.45, 2.75) is 4.34 Å². The Kier molecular flexibility index (Phi) is 1.90. The van der Waals surface area contributed by atoms with Gasteiger partial charge in [0.15, 0.2) is 4.34 Å². The standard InChI is InChI=1S/C7H6N2OS2/c1-12(10)7-9-5-3-2-4-8-6(5)11-7/h2-4H,1H3/t12-/m1/s1. The average Bonchev–Trinajstić information content (AvgIpc) is 2.46. The number of nitrogens with zero attached hydrogens (tertiary/aromatic N) is 2. The van der Waals surface area contributed by atoms with Crippen LogP contribution in [-0.4, -0.2) is 20.4 Å². The fourth-order valence-corrected chi connectivity index (χ4v) is 2.45. The lowest BCUT2D eigenvalue weighted by atomic mass is 10.5. The van der Waals surface area contributed by atoms with Crippen molar-refractivity contribution < 1.29 is 4.21 Å². The van der Waals surface area contributed by atoms with E-state index in [1.165, 1.54) is 11.3 Å². The first kappa shape index (κ1) is 7.82. The minimum absolute atomic E-state index is 0.642. The highest BCUT2D eigenvalue weighted by atomic mass is 32.2. The van der Waals surface area contributed by atoms with Crippen molar-refractivity contribution in [1.29, 1.82) is 0 Å². The number of rotatable bonds is 1. The summed E-state index contributed by atoms with van der Waals surface area (Å²) in [5.74, 6) is 0. The van der Waals surface area contributed by atoms with E-state index in [0.29, 0.717) is 4.34 Å². The Morgan fingerprint density at radius 3 is 3.08 bits per heavy atom. The lowest BCUT2D eigenvalue weighted by Gasteiger charge is -1.80. The van der Waals surface area contributed by atoms with Gasteiger partial charge in [0.1, 0.15) is 10.3 Å². The first-order chi connectivity index (χ1) is 5.77. The highest BCUT2D eigenvalue weighted by Gasteiger charge is 2.05. The molecule has 0 aliphatic heterocycles. The second-order valence-electron chi connectivity index (χ2n) is 2.26. The lowest BCUT2D eigenvalue weighted by Crippen LogP contribution is -1.83. The van der Waals surface area contributed by atoms with Crippen LogP contribution in [0.5, 0.6) is 0 Å². The van der Waals surface area contributed by atoms with Gasteiger partial charge in [-0.15, -0.1) is 0 Å². The topological polar surface area (TPSA) is 42.9 Å². The number of fused-ring (bicyclic) bond motifs is 1. The number of hydrogen-bond donors (Lipinski definition) is 0. The van der Waals surface area contributed by atoms with Gasteiger partial charge in [-0.1, -0.05) is 11.3 Å². The molecule has 0 aliphatic carbocycles. The zero-order valence-corrected chi connectivity index (χ0v) is 7.98. The molecule has 0 saturated heterocycles. The molecule has 2 aromatic rings. The summed E-state index contributed by atoms with van der Waals surface area (Å²) in [5.41, 5.74) is 0.827. The van der Waals surface area contributed by atoms with E-state index in [1.807, 2.05) is 12.1 Å². The highest BCUT2D eigenvalue weighted by Crippen LogP contribution is 2.20. The van der Waals surface area contributed by atoms with Gasteiger partial charge in [-0.25, -0.2) is 9.97 Å². The fraction of sp³-hybridized carbons (Fsp3) is 0.143. The molecule has 0 aliphatic rings. The zero-order chi connectivity index (χ0) is 8.55. The van der Waals surface area contributed by atoms with Crippen molar-refractivity contribution in [3.05, 3.63) is 18.3 Å². The van der Waals surface area contributed by atoms with Crippen LogP contribution in [0.25, 0.3) is 10.3 Å². The minimum atomic E-state index is -0.994. The van der Waals surface area contributed by atoms with E-state index in [0.717, 1.165) is 10.3 Å². The van der Waals surface area contributed by atoms with Crippen LogP contribution < -0.4 is 0 Å². The van der Waals surface area contributed by atoms with Gasteiger partial charge in [0, 0.05) is 12.5 Å². The molecule has 2 rings (SSSR count). The van der Waals surface area contributed by atoms with Crippen LogP contribution in [0.4, 0.5) is 0 Å². The van der Waals surface area contributed by atoms with Gasteiger partial charge in [0.25, 0.3) is 0 Å². The first-order valence-corrected chi connectivity index (χ1v) is 5.70. The van der Waals surface area contributed by atoms with Crippen LogP contribution in [-0.2, 0) is 10.8 Å². The molecular weight excluding hydrogens is 192 g/mol. The summed E-state index contributed by atoms with van der Waals surface area (Å²) in [4.78, 5) is 9.12. The summed E-state index contributed by atoms with van der Waals surface area (Å²) < 4.78 is 11.7. The van der Waals surface area contributed by atoms with E-state index in [-0.39, 0.29) is 0 Å². The monoisotopic (exact) mass is 198 g/mol. The second-order valence-corrected chi connectivity index (χ2v) is 4.79. The Hall–Kier alpha value is -0.810. The summed E-state index contributed by atoms with van der Waals surface area (Å²) in [6.07, 6.45) is 3.33. The van der Waals surface area contributed by atoms with Crippen LogP contribution in [0.1, 0.15) is 0 Å². The third-order valence-electron chi connectivity index (χ3n) is 1.39. The Balaban J connectivity index is 2.70. The fourth-order valence-electron chi connectivity index (χ4n) is 0.873. The molecule has 3 nitrogen and oxygen atoms in total. The largest absolute Gasteiger partial charge is 0.252 e. The molecule has 0 aromatic carbocycles. The molecule has 2 aromatic heterocycles. The molecule has 0 bridgehead atoms. The molecule has 0 spiro atoms. The minimum Gasteiger partial charge on any atom is -0.252 e. The number of hydrogen-bond acceptors (Lipinski definition) is 4. The van der Waals surface area contributed by atoms with Gasteiger partial charge < -0.3 is 0 Å². The lowest BCUT2D eigenvalue weighted by molar-refractivity contribution is 0.686. The summed E-state index contributed by atoms with van der Waals surface area (Å²) >= 11 is 1.38. The van der Waals surface area contributed by atoms with Crippen molar-refractivity contribution in [3.8, 4) is 0 Å². The normalized spacial score (nSPS) is 13.4. The van der Waals surface area contributed by atoms with E-state index < -0.39 is 10.8 Å². The molecule has 1 atom stereocenters. The van der Waals surface area contributed by atoms with Gasteiger partial charge in [0.05, 0.1) is 10.8 Å². The van der Waals surface area contributed by atoms with E-state index in [9.17, 15) is 4.21 Å². The molecular formula is C7H6N2OS2.